The van der Waals surface area contributed by atoms with Crippen molar-refractivity contribution in [3.8, 4) is 0 Å². The zero-order valence-corrected chi connectivity index (χ0v) is 9.25. The van der Waals surface area contributed by atoms with Gasteiger partial charge in [-0.25, -0.2) is 4.98 Å². The molecule has 0 amide bonds. The average Bonchev–Trinajstić information content (AvgIpc) is 2.28. The molecule has 2 rings (SSSR count). The van der Waals surface area contributed by atoms with Crippen LogP contribution in [0.25, 0.3) is 10.9 Å². The van der Waals surface area contributed by atoms with Crippen LogP contribution < -0.4 is 5.32 Å². The van der Waals surface area contributed by atoms with Crippen molar-refractivity contribution in [3.63, 3.8) is 0 Å². The Labute approximate surface area is 90.3 Å². The smallest absolute Gasteiger partial charge is 0.129 e. The number of hydrogen-bond acceptors (Lipinski definition) is 2. The molecule has 0 saturated carbocycles. The Balaban J connectivity index is 2.58. The first-order valence-corrected chi connectivity index (χ1v) is 5.41. The Kier molecular flexibility index (Phi) is 2.86. The van der Waals surface area contributed by atoms with E-state index in [-0.39, 0.29) is 0 Å². The molecule has 0 bridgehead atoms. The summed E-state index contributed by atoms with van der Waals surface area (Å²) in [5, 5.41) is 4.38. The zero-order valence-electron chi connectivity index (χ0n) is 9.25. The molecule has 1 N–H and O–H groups in total. The monoisotopic (exact) mass is 200 g/mol. The summed E-state index contributed by atoms with van der Waals surface area (Å²) in [7, 11) is 1.93. The van der Waals surface area contributed by atoms with E-state index in [4.69, 9.17) is 0 Å². The fourth-order valence-electron chi connectivity index (χ4n) is 1.84. The number of benzene rings is 1. The van der Waals surface area contributed by atoms with Crippen molar-refractivity contribution in [2.24, 2.45) is 0 Å². The number of nitrogens with zero attached hydrogens (tertiary/aromatic N) is 1. The van der Waals surface area contributed by atoms with E-state index in [9.17, 15) is 0 Å². The lowest BCUT2D eigenvalue weighted by atomic mass is 10.1. The normalized spacial score (nSPS) is 10.5. The van der Waals surface area contributed by atoms with E-state index in [0.29, 0.717) is 0 Å². The summed E-state index contributed by atoms with van der Waals surface area (Å²) in [4.78, 5) is 4.60. The number of para-hydroxylation sites is 1. The molecule has 2 nitrogen and oxygen atoms in total. The second-order valence-corrected chi connectivity index (χ2v) is 3.69. The van der Waals surface area contributed by atoms with Crippen LogP contribution >= 0.6 is 0 Å². The molecule has 1 aromatic carbocycles. The maximum absolute atomic E-state index is 4.60. The minimum absolute atomic E-state index is 1.01. The molecular formula is C13H16N2. The summed E-state index contributed by atoms with van der Waals surface area (Å²) in [6.45, 7) is 2.19. The molecule has 1 heterocycles. The third kappa shape index (κ3) is 1.94. The van der Waals surface area contributed by atoms with Gasteiger partial charge in [-0.2, -0.15) is 0 Å². The second kappa shape index (κ2) is 4.30. The van der Waals surface area contributed by atoms with Gasteiger partial charge in [0.1, 0.15) is 5.82 Å². The van der Waals surface area contributed by atoms with Gasteiger partial charge >= 0.3 is 0 Å². The first-order chi connectivity index (χ1) is 7.35. The largest absolute Gasteiger partial charge is 0.373 e. The van der Waals surface area contributed by atoms with Crippen molar-refractivity contribution in [2.45, 2.75) is 19.8 Å². The number of pyridine rings is 1. The summed E-state index contributed by atoms with van der Waals surface area (Å²) < 4.78 is 0. The summed E-state index contributed by atoms with van der Waals surface area (Å²) >= 11 is 0. The molecule has 0 saturated heterocycles. The number of aryl methyl sites for hydroxylation is 1. The van der Waals surface area contributed by atoms with Crippen LogP contribution in [0.5, 0.6) is 0 Å². The van der Waals surface area contributed by atoms with Crippen LogP contribution in [0.15, 0.2) is 30.3 Å². The van der Waals surface area contributed by atoms with Gasteiger partial charge < -0.3 is 5.32 Å². The lowest BCUT2D eigenvalue weighted by molar-refractivity contribution is 0.919. The van der Waals surface area contributed by atoms with Gasteiger partial charge in [0.2, 0.25) is 0 Å². The van der Waals surface area contributed by atoms with Gasteiger partial charge in [-0.1, -0.05) is 31.5 Å². The van der Waals surface area contributed by atoms with Crippen molar-refractivity contribution in [1.82, 2.24) is 4.98 Å². The maximum Gasteiger partial charge on any atom is 0.129 e. The molecule has 1 aromatic heterocycles. The minimum Gasteiger partial charge on any atom is -0.373 e. The number of nitrogens with one attached hydrogen (secondary N) is 1. The van der Waals surface area contributed by atoms with Crippen LogP contribution in [-0.2, 0) is 6.42 Å². The van der Waals surface area contributed by atoms with Crippen LogP contribution in [0.1, 0.15) is 18.9 Å². The van der Waals surface area contributed by atoms with Crippen molar-refractivity contribution in [2.75, 3.05) is 12.4 Å². The molecule has 0 aliphatic carbocycles. The van der Waals surface area contributed by atoms with Crippen LogP contribution in [-0.4, -0.2) is 12.0 Å². The van der Waals surface area contributed by atoms with Crippen LogP contribution in [0.4, 0.5) is 5.82 Å². The first kappa shape index (κ1) is 9.97. The Morgan fingerprint density at radius 2 is 2.07 bits per heavy atom. The average molecular weight is 200 g/mol. The fraction of sp³-hybridized carbons (Fsp3) is 0.308. The van der Waals surface area contributed by atoms with E-state index in [0.717, 1.165) is 24.2 Å². The van der Waals surface area contributed by atoms with Gasteiger partial charge in [0.15, 0.2) is 0 Å². The number of aromatic nitrogens is 1. The molecule has 15 heavy (non-hydrogen) atoms. The number of fused-ring (bicyclic) bond motifs is 1. The molecule has 0 spiro atoms. The first-order valence-electron chi connectivity index (χ1n) is 5.41. The van der Waals surface area contributed by atoms with E-state index in [2.05, 4.69) is 35.4 Å². The quantitative estimate of drug-likeness (QED) is 0.822. The van der Waals surface area contributed by atoms with Crippen molar-refractivity contribution in [1.29, 1.82) is 0 Å². The number of rotatable bonds is 3. The van der Waals surface area contributed by atoms with Gasteiger partial charge in [-0.15, -0.1) is 0 Å². The highest BCUT2D eigenvalue weighted by Gasteiger charge is 2.03. The van der Waals surface area contributed by atoms with Gasteiger partial charge in [0.05, 0.1) is 5.52 Å². The molecule has 2 heteroatoms. The summed E-state index contributed by atoms with van der Waals surface area (Å²) in [5.74, 6) is 1.01. The Morgan fingerprint density at radius 1 is 1.27 bits per heavy atom. The summed E-state index contributed by atoms with van der Waals surface area (Å²) in [6, 6.07) is 10.5. The highest BCUT2D eigenvalue weighted by atomic mass is 15.0. The fourth-order valence-corrected chi connectivity index (χ4v) is 1.84. The van der Waals surface area contributed by atoms with Crippen LogP contribution in [0.2, 0.25) is 0 Å². The molecule has 0 aliphatic heterocycles. The molecule has 0 atom stereocenters. The molecular weight excluding hydrogens is 184 g/mol. The van der Waals surface area contributed by atoms with Gasteiger partial charge in [0, 0.05) is 12.4 Å². The third-order valence-corrected chi connectivity index (χ3v) is 2.56. The number of hydrogen-bond donors (Lipinski definition) is 1. The standard InChI is InChI=1S/C13H16N2/c1-3-6-11-9-10-7-4-5-8-12(10)15-13(11)14-2/h4-5,7-9H,3,6H2,1-2H3,(H,14,15). The molecule has 0 radical (unpaired) electrons. The highest BCUT2D eigenvalue weighted by Crippen LogP contribution is 2.21. The van der Waals surface area contributed by atoms with E-state index in [1.54, 1.807) is 0 Å². The SMILES string of the molecule is CCCc1cc2ccccc2nc1NC. The molecule has 0 aliphatic rings. The number of anilines is 1. The lowest BCUT2D eigenvalue weighted by Crippen LogP contribution is -1.99. The van der Waals surface area contributed by atoms with Crippen LogP contribution in [0.3, 0.4) is 0 Å². The van der Waals surface area contributed by atoms with E-state index in [1.165, 1.54) is 10.9 Å². The van der Waals surface area contributed by atoms with E-state index >= 15 is 0 Å². The molecule has 0 unspecified atom stereocenters. The zero-order chi connectivity index (χ0) is 10.7. The van der Waals surface area contributed by atoms with Crippen molar-refractivity contribution < 1.29 is 0 Å². The van der Waals surface area contributed by atoms with Gasteiger partial charge in [0.25, 0.3) is 0 Å². The Morgan fingerprint density at radius 3 is 2.80 bits per heavy atom. The van der Waals surface area contributed by atoms with Gasteiger partial charge in [-0.3, -0.25) is 0 Å². The summed E-state index contributed by atoms with van der Waals surface area (Å²) in [6.07, 6.45) is 2.22. The van der Waals surface area contributed by atoms with E-state index < -0.39 is 0 Å². The molecule has 78 valence electrons. The Hall–Kier alpha value is -1.57. The predicted octanol–water partition coefficient (Wildman–Crippen LogP) is 3.23. The molecule has 2 aromatic rings. The maximum atomic E-state index is 4.60. The van der Waals surface area contributed by atoms with Crippen molar-refractivity contribution in [3.05, 3.63) is 35.9 Å². The highest BCUT2D eigenvalue weighted by molar-refractivity contribution is 5.81. The second-order valence-electron chi connectivity index (χ2n) is 3.69. The topological polar surface area (TPSA) is 24.9 Å². The van der Waals surface area contributed by atoms with Crippen molar-refractivity contribution >= 4 is 16.7 Å². The lowest BCUT2D eigenvalue weighted by Gasteiger charge is -2.08. The van der Waals surface area contributed by atoms with Crippen LogP contribution in [0, 0.1) is 0 Å². The molecule has 0 fully saturated rings. The van der Waals surface area contributed by atoms with Gasteiger partial charge in [-0.05, 0) is 24.1 Å². The van der Waals surface area contributed by atoms with E-state index in [1.807, 2.05) is 19.2 Å². The third-order valence-electron chi connectivity index (χ3n) is 2.56. The predicted molar refractivity (Wildman–Crippen MR) is 65.3 cm³/mol. The summed E-state index contributed by atoms with van der Waals surface area (Å²) in [5.41, 5.74) is 2.36. The Bertz CT molecular complexity index is 463. The minimum atomic E-state index is 1.01.